The SMILES string of the molecule is CC(NCc1cccc2ccccc12)c1ccccc1F. The molecule has 3 rings (SSSR count). The standard InChI is InChI=1S/C19H18FN/c1-14(17-10-4-5-12-19(17)20)21-13-16-9-6-8-15-7-2-3-11-18(15)16/h2-12,14,21H,13H2,1H3. The van der Waals surface area contributed by atoms with E-state index >= 15 is 0 Å². The Morgan fingerprint density at radius 3 is 2.48 bits per heavy atom. The molecule has 3 aromatic carbocycles. The largest absolute Gasteiger partial charge is 0.306 e. The molecule has 106 valence electrons. The van der Waals surface area contributed by atoms with Crippen molar-refractivity contribution in [1.82, 2.24) is 5.32 Å². The second-order valence-corrected chi connectivity index (χ2v) is 5.26. The van der Waals surface area contributed by atoms with Crippen molar-refractivity contribution in [2.24, 2.45) is 0 Å². The molecule has 0 fully saturated rings. The zero-order valence-corrected chi connectivity index (χ0v) is 12.0. The summed E-state index contributed by atoms with van der Waals surface area (Å²) in [5, 5.41) is 5.88. The number of hydrogen-bond acceptors (Lipinski definition) is 1. The van der Waals surface area contributed by atoms with Crippen LogP contribution in [0, 0.1) is 5.82 Å². The first kappa shape index (κ1) is 13.8. The molecule has 0 aliphatic rings. The van der Waals surface area contributed by atoms with Crippen molar-refractivity contribution < 1.29 is 4.39 Å². The topological polar surface area (TPSA) is 12.0 Å². The summed E-state index contributed by atoms with van der Waals surface area (Å²) in [6, 6.07) is 21.5. The highest BCUT2D eigenvalue weighted by Crippen LogP contribution is 2.20. The van der Waals surface area contributed by atoms with Crippen molar-refractivity contribution in [3.8, 4) is 0 Å². The number of rotatable bonds is 4. The minimum atomic E-state index is -0.157. The summed E-state index contributed by atoms with van der Waals surface area (Å²) in [6.07, 6.45) is 0. The fraction of sp³-hybridized carbons (Fsp3) is 0.158. The molecule has 0 saturated heterocycles. The van der Waals surface area contributed by atoms with Crippen LogP contribution >= 0.6 is 0 Å². The van der Waals surface area contributed by atoms with Gasteiger partial charge in [-0.15, -0.1) is 0 Å². The zero-order chi connectivity index (χ0) is 14.7. The van der Waals surface area contributed by atoms with Crippen molar-refractivity contribution >= 4 is 10.8 Å². The molecule has 1 N–H and O–H groups in total. The minimum Gasteiger partial charge on any atom is -0.306 e. The summed E-state index contributed by atoms with van der Waals surface area (Å²) in [7, 11) is 0. The Labute approximate surface area is 124 Å². The maximum Gasteiger partial charge on any atom is 0.127 e. The molecule has 0 amide bonds. The summed E-state index contributed by atoms with van der Waals surface area (Å²) in [5.41, 5.74) is 1.94. The van der Waals surface area contributed by atoms with Gasteiger partial charge >= 0.3 is 0 Å². The van der Waals surface area contributed by atoms with Gasteiger partial charge < -0.3 is 5.32 Å². The maximum absolute atomic E-state index is 13.8. The van der Waals surface area contributed by atoms with E-state index in [0.717, 1.165) is 6.54 Å². The lowest BCUT2D eigenvalue weighted by Gasteiger charge is -2.16. The highest BCUT2D eigenvalue weighted by atomic mass is 19.1. The van der Waals surface area contributed by atoms with E-state index in [2.05, 4.69) is 35.6 Å². The molecule has 0 spiro atoms. The molecule has 0 bridgehead atoms. The van der Waals surface area contributed by atoms with E-state index in [1.807, 2.05) is 31.2 Å². The molecular weight excluding hydrogens is 261 g/mol. The molecule has 0 radical (unpaired) electrons. The average molecular weight is 279 g/mol. The van der Waals surface area contributed by atoms with Gasteiger partial charge in [0, 0.05) is 18.2 Å². The molecule has 3 aromatic rings. The van der Waals surface area contributed by atoms with Crippen LogP contribution in [0.1, 0.15) is 24.1 Å². The summed E-state index contributed by atoms with van der Waals surface area (Å²) < 4.78 is 13.8. The first-order valence-corrected chi connectivity index (χ1v) is 7.20. The van der Waals surface area contributed by atoms with Crippen LogP contribution in [0.15, 0.2) is 66.7 Å². The van der Waals surface area contributed by atoms with Crippen LogP contribution in [-0.4, -0.2) is 0 Å². The Morgan fingerprint density at radius 2 is 1.62 bits per heavy atom. The van der Waals surface area contributed by atoms with Gasteiger partial charge in [-0.05, 0) is 29.3 Å². The predicted molar refractivity (Wildman–Crippen MR) is 85.6 cm³/mol. The predicted octanol–water partition coefficient (Wildman–Crippen LogP) is 4.83. The van der Waals surface area contributed by atoms with Crippen molar-refractivity contribution in [2.75, 3.05) is 0 Å². The number of nitrogens with one attached hydrogen (secondary N) is 1. The van der Waals surface area contributed by atoms with Crippen molar-refractivity contribution in [3.63, 3.8) is 0 Å². The molecule has 0 saturated carbocycles. The van der Waals surface area contributed by atoms with Gasteiger partial charge in [0.2, 0.25) is 0 Å². The Morgan fingerprint density at radius 1 is 0.905 bits per heavy atom. The minimum absolute atomic E-state index is 0.0230. The van der Waals surface area contributed by atoms with E-state index in [0.29, 0.717) is 5.56 Å². The third kappa shape index (κ3) is 2.96. The van der Waals surface area contributed by atoms with E-state index in [4.69, 9.17) is 0 Å². The van der Waals surface area contributed by atoms with Gasteiger partial charge in [-0.1, -0.05) is 60.7 Å². The van der Waals surface area contributed by atoms with Crippen molar-refractivity contribution in [1.29, 1.82) is 0 Å². The van der Waals surface area contributed by atoms with Gasteiger partial charge in [0.1, 0.15) is 5.82 Å². The molecule has 1 atom stereocenters. The van der Waals surface area contributed by atoms with Crippen LogP contribution in [0.5, 0.6) is 0 Å². The third-order valence-corrected chi connectivity index (χ3v) is 3.85. The lowest BCUT2D eigenvalue weighted by molar-refractivity contribution is 0.529. The molecule has 0 aliphatic carbocycles. The lowest BCUT2D eigenvalue weighted by atomic mass is 10.0. The molecule has 21 heavy (non-hydrogen) atoms. The van der Waals surface area contributed by atoms with Gasteiger partial charge in [-0.2, -0.15) is 0 Å². The Bertz CT molecular complexity index is 746. The van der Waals surface area contributed by atoms with Gasteiger partial charge in [-0.3, -0.25) is 0 Å². The highest BCUT2D eigenvalue weighted by Gasteiger charge is 2.10. The van der Waals surface area contributed by atoms with Crippen LogP contribution in [-0.2, 0) is 6.54 Å². The van der Waals surface area contributed by atoms with Gasteiger partial charge in [0.05, 0.1) is 0 Å². The normalized spacial score (nSPS) is 12.5. The van der Waals surface area contributed by atoms with E-state index in [9.17, 15) is 4.39 Å². The lowest BCUT2D eigenvalue weighted by Crippen LogP contribution is -2.19. The van der Waals surface area contributed by atoms with Crippen molar-refractivity contribution in [3.05, 3.63) is 83.7 Å². The highest BCUT2D eigenvalue weighted by molar-refractivity contribution is 5.85. The second-order valence-electron chi connectivity index (χ2n) is 5.26. The van der Waals surface area contributed by atoms with Crippen LogP contribution in [0.3, 0.4) is 0 Å². The van der Waals surface area contributed by atoms with E-state index in [1.54, 1.807) is 6.07 Å². The third-order valence-electron chi connectivity index (χ3n) is 3.85. The van der Waals surface area contributed by atoms with E-state index < -0.39 is 0 Å². The molecule has 2 heteroatoms. The molecule has 0 aromatic heterocycles. The van der Waals surface area contributed by atoms with E-state index in [-0.39, 0.29) is 11.9 Å². The van der Waals surface area contributed by atoms with Gasteiger partial charge in [-0.25, -0.2) is 4.39 Å². The summed E-state index contributed by atoms with van der Waals surface area (Å²) in [5.74, 6) is -0.157. The smallest absolute Gasteiger partial charge is 0.127 e. The van der Waals surface area contributed by atoms with Gasteiger partial charge in [0.25, 0.3) is 0 Å². The number of fused-ring (bicyclic) bond motifs is 1. The fourth-order valence-electron chi connectivity index (χ4n) is 2.65. The Hall–Kier alpha value is -2.19. The number of halogens is 1. The van der Waals surface area contributed by atoms with Crippen LogP contribution < -0.4 is 5.32 Å². The Kier molecular flexibility index (Phi) is 3.98. The Balaban J connectivity index is 1.79. The molecule has 1 unspecified atom stereocenters. The van der Waals surface area contributed by atoms with Crippen molar-refractivity contribution in [2.45, 2.75) is 19.5 Å². The fourth-order valence-corrected chi connectivity index (χ4v) is 2.65. The molecular formula is C19H18FN. The summed E-state index contributed by atoms with van der Waals surface area (Å²) in [6.45, 7) is 2.71. The summed E-state index contributed by atoms with van der Waals surface area (Å²) in [4.78, 5) is 0. The molecule has 0 aliphatic heterocycles. The maximum atomic E-state index is 13.8. The second kappa shape index (κ2) is 6.06. The number of hydrogen-bond donors (Lipinski definition) is 1. The molecule has 0 heterocycles. The average Bonchev–Trinajstić information content (AvgIpc) is 2.53. The van der Waals surface area contributed by atoms with Crippen LogP contribution in [0.25, 0.3) is 10.8 Å². The van der Waals surface area contributed by atoms with E-state index in [1.165, 1.54) is 22.4 Å². The summed E-state index contributed by atoms with van der Waals surface area (Å²) >= 11 is 0. The quantitative estimate of drug-likeness (QED) is 0.721. The van der Waals surface area contributed by atoms with Crippen LogP contribution in [0.4, 0.5) is 4.39 Å². The molecule has 1 nitrogen and oxygen atoms in total. The number of benzene rings is 3. The van der Waals surface area contributed by atoms with Crippen LogP contribution in [0.2, 0.25) is 0 Å². The monoisotopic (exact) mass is 279 g/mol. The first-order chi connectivity index (χ1) is 10.3. The first-order valence-electron chi connectivity index (χ1n) is 7.20. The zero-order valence-electron chi connectivity index (χ0n) is 12.0. The van der Waals surface area contributed by atoms with Gasteiger partial charge in [0.15, 0.2) is 0 Å².